The summed E-state index contributed by atoms with van der Waals surface area (Å²) in [6.07, 6.45) is 2.09. The lowest BCUT2D eigenvalue weighted by Gasteiger charge is -2.26. The Morgan fingerprint density at radius 3 is 2.67 bits per heavy atom. The molecule has 1 N–H and O–H groups in total. The fourth-order valence-electron chi connectivity index (χ4n) is 3.76. The second-order valence-corrected chi connectivity index (χ2v) is 6.94. The van der Waals surface area contributed by atoms with Gasteiger partial charge in [-0.15, -0.1) is 0 Å². The zero-order valence-electron chi connectivity index (χ0n) is 16.3. The van der Waals surface area contributed by atoms with Crippen molar-refractivity contribution in [1.29, 1.82) is 0 Å². The van der Waals surface area contributed by atoms with Crippen LogP contribution in [-0.4, -0.2) is 38.1 Å². The van der Waals surface area contributed by atoms with Crippen LogP contribution in [0.3, 0.4) is 0 Å². The molecule has 2 aromatic carbocycles. The molecule has 1 heterocycles. The standard InChI is InChI=1S/C22H28N2O3/c1-16(17-8-5-4-6-9-17)23-22(25)15-24-13-7-10-20(24)19-12-11-18(26-2)14-21(19)27-3/h4-6,8-9,11-12,14,16,20H,7,10,13,15H2,1-3H3,(H,23,25)/t16-,20-/m1/s1. The van der Waals surface area contributed by atoms with Gasteiger partial charge in [-0.1, -0.05) is 36.4 Å². The molecule has 0 saturated carbocycles. The second kappa shape index (κ2) is 8.91. The molecular weight excluding hydrogens is 340 g/mol. The van der Waals surface area contributed by atoms with E-state index in [-0.39, 0.29) is 18.0 Å². The summed E-state index contributed by atoms with van der Waals surface area (Å²) in [5.41, 5.74) is 2.22. The van der Waals surface area contributed by atoms with E-state index in [1.807, 2.05) is 55.5 Å². The number of carbonyl (C=O) groups is 1. The van der Waals surface area contributed by atoms with E-state index < -0.39 is 0 Å². The van der Waals surface area contributed by atoms with Crippen molar-refractivity contribution < 1.29 is 14.3 Å². The number of methoxy groups -OCH3 is 2. The average molecular weight is 368 g/mol. The van der Waals surface area contributed by atoms with Gasteiger partial charge in [0, 0.05) is 17.7 Å². The van der Waals surface area contributed by atoms with E-state index in [9.17, 15) is 4.79 Å². The fourth-order valence-corrected chi connectivity index (χ4v) is 3.76. The van der Waals surface area contributed by atoms with E-state index in [0.717, 1.165) is 42.0 Å². The summed E-state index contributed by atoms with van der Waals surface area (Å²) in [6, 6.07) is 16.1. The van der Waals surface area contributed by atoms with Gasteiger partial charge in [0.25, 0.3) is 0 Å². The Bertz CT molecular complexity index is 763. The highest BCUT2D eigenvalue weighted by atomic mass is 16.5. The molecule has 5 nitrogen and oxygen atoms in total. The topological polar surface area (TPSA) is 50.8 Å². The van der Waals surface area contributed by atoms with Crippen LogP contribution in [0.25, 0.3) is 0 Å². The van der Waals surface area contributed by atoms with E-state index >= 15 is 0 Å². The molecule has 1 aliphatic heterocycles. The molecule has 3 rings (SSSR count). The fraction of sp³-hybridized carbons (Fsp3) is 0.409. The summed E-state index contributed by atoms with van der Waals surface area (Å²) in [6.45, 7) is 3.31. The van der Waals surface area contributed by atoms with E-state index in [4.69, 9.17) is 9.47 Å². The Morgan fingerprint density at radius 1 is 1.19 bits per heavy atom. The van der Waals surface area contributed by atoms with Crippen LogP contribution in [0.1, 0.15) is 43.0 Å². The molecule has 144 valence electrons. The molecule has 0 aromatic heterocycles. The number of likely N-dealkylation sites (tertiary alicyclic amines) is 1. The minimum Gasteiger partial charge on any atom is -0.497 e. The highest BCUT2D eigenvalue weighted by Gasteiger charge is 2.30. The molecule has 5 heteroatoms. The molecule has 2 aromatic rings. The molecule has 27 heavy (non-hydrogen) atoms. The Balaban J connectivity index is 1.67. The summed E-state index contributed by atoms with van der Waals surface area (Å²) in [4.78, 5) is 14.8. The molecule has 0 radical (unpaired) electrons. The smallest absolute Gasteiger partial charge is 0.234 e. The number of ether oxygens (including phenoxy) is 2. The van der Waals surface area contributed by atoms with Crippen LogP contribution in [0.5, 0.6) is 11.5 Å². The summed E-state index contributed by atoms with van der Waals surface area (Å²) in [7, 11) is 3.32. The SMILES string of the molecule is COc1ccc([C@H]2CCCN2CC(=O)N[C@H](C)c2ccccc2)c(OC)c1. The summed E-state index contributed by atoms with van der Waals surface area (Å²) >= 11 is 0. The van der Waals surface area contributed by atoms with Crippen LogP contribution in [0.2, 0.25) is 0 Å². The van der Waals surface area contributed by atoms with E-state index in [1.165, 1.54) is 0 Å². The number of rotatable bonds is 7. The van der Waals surface area contributed by atoms with Crippen molar-refractivity contribution in [3.8, 4) is 11.5 Å². The van der Waals surface area contributed by atoms with Gasteiger partial charge < -0.3 is 14.8 Å². The Kier molecular flexibility index (Phi) is 6.35. The zero-order chi connectivity index (χ0) is 19.2. The van der Waals surface area contributed by atoms with Gasteiger partial charge in [-0.2, -0.15) is 0 Å². The summed E-state index contributed by atoms with van der Waals surface area (Å²) in [5, 5.41) is 3.11. The van der Waals surface area contributed by atoms with Crippen LogP contribution in [0.4, 0.5) is 0 Å². The van der Waals surface area contributed by atoms with E-state index in [2.05, 4.69) is 10.2 Å². The number of hydrogen-bond acceptors (Lipinski definition) is 4. The number of amides is 1. The van der Waals surface area contributed by atoms with Crippen molar-refractivity contribution in [1.82, 2.24) is 10.2 Å². The lowest BCUT2D eigenvalue weighted by molar-refractivity contribution is -0.123. The molecule has 0 aliphatic carbocycles. The maximum atomic E-state index is 12.6. The van der Waals surface area contributed by atoms with Crippen LogP contribution < -0.4 is 14.8 Å². The third-order valence-corrected chi connectivity index (χ3v) is 5.19. The number of nitrogens with zero attached hydrogens (tertiary/aromatic N) is 1. The number of hydrogen-bond donors (Lipinski definition) is 1. The van der Waals surface area contributed by atoms with Crippen molar-refractivity contribution in [2.45, 2.75) is 31.8 Å². The number of nitrogens with one attached hydrogen (secondary N) is 1. The normalized spacial score (nSPS) is 18.1. The third-order valence-electron chi connectivity index (χ3n) is 5.19. The molecule has 1 fully saturated rings. The Hall–Kier alpha value is -2.53. The number of benzene rings is 2. The van der Waals surface area contributed by atoms with Gasteiger partial charge in [0.15, 0.2) is 0 Å². The van der Waals surface area contributed by atoms with E-state index in [1.54, 1.807) is 14.2 Å². The monoisotopic (exact) mass is 368 g/mol. The van der Waals surface area contributed by atoms with Gasteiger partial charge in [-0.25, -0.2) is 0 Å². The first kappa shape index (κ1) is 19.2. The van der Waals surface area contributed by atoms with Crippen LogP contribution in [-0.2, 0) is 4.79 Å². The summed E-state index contributed by atoms with van der Waals surface area (Å²) < 4.78 is 10.9. The predicted octanol–water partition coefficient (Wildman–Crippen LogP) is 3.72. The lowest BCUT2D eigenvalue weighted by Crippen LogP contribution is -2.38. The molecule has 1 amide bonds. The number of carbonyl (C=O) groups excluding carboxylic acids is 1. The zero-order valence-corrected chi connectivity index (χ0v) is 16.3. The largest absolute Gasteiger partial charge is 0.497 e. The van der Waals surface area contributed by atoms with Crippen molar-refractivity contribution in [2.75, 3.05) is 27.3 Å². The van der Waals surface area contributed by atoms with Crippen LogP contribution in [0.15, 0.2) is 48.5 Å². The maximum absolute atomic E-state index is 12.6. The second-order valence-electron chi connectivity index (χ2n) is 6.94. The van der Waals surface area contributed by atoms with Gasteiger partial charge in [0.1, 0.15) is 11.5 Å². The minimum absolute atomic E-state index is 0.00437. The Labute approximate surface area is 161 Å². The molecular formula is C22H28N2O3. The van der Waals surface area contributed by atoms with Crippen molar-refractivity contribution >= 4 is 5.91 Å². The van der Waals surface area contributed by atoms with Crippen LogP contribution in [0, 0.1) is 0 Å². The van der Waals surface area contributed by atoms with Gasteiger partial charge in [0.2, 0.25) is 5.91 Å². The van der Waals surface area contributed by atoms with Gasteiger partial charge in [0.05, 0.1) is 26.8 Å². The van der Waals surface area contributed by atoms with Crippen molar-refractivity contribution in [3.63, 3.8) is 0 Å². The first-order valence-corrected chi connectivity index (χ1v) is 9.42. The molecule has 0 spiro atoms. The first-order valence-electron chi connectivity index (χ1n) is 9.42. The van der Waals surface area contributed by atoms with Gasteiger partial charge in [-0.3, -0.25) is 9.69 Å². The molecule has 2 atom stereocenters. The maximum Gasteiger partial charge on any atom is 0.234 e. The molecule has 1 aliphatic rings. The third kappa shape index (κ3) is 4.61. The first-order chi connectivity index (χ1) is 13.1. The van der Waals surface area contributed by atoms with E-state index in [0.29, 0.717) is 6.54 Å². The molecule has 0 bridgehead atoms. The predicted molar refractivity (Wildman–Crippen MR) is 106 cm³/mol. The van der Waals surface area contributed by atoms with Gasteiger partial charge >= 0.3 is 0 Å². The van der Waals surface area contributed by atoms with Crippen molar-refractivity contribution in [2.24, 2.45) is 0 Å². The molecule has 1 saturated heterocycles. The minimum atomic E-state index is -0.00437. The quantitative estimate of drug-likeness (QED) is 0.809. The Morgan fingerprint density at radius 2 is 1.96 bits per heavy atom. The summed E-state index contributed by atoms with van der Waals surface area (Å²) in [5.74, 6) is 1.63. The van der Waals surface area contributed by atoms with Gasteiger partial charge in [-0.05, 0) is 37.9 Å². The highest BCUT2D eigenvalue weighted by Crippen LogP contribution is 2.38. The highest BCUT2D eigenvalue weighted by molar-refractivity contribution is 5.78. The molecule has 0 unspecified atom stereocenters. The van der Waals surface area contributed by atoms with Crippen LogP contribution >= 0.6 is 0 Å². The lowest BCUT2D eigenvalue weighted by atomic mass is 10.0. The van der Waals surface area contributed by atoms with Crippen molar-refractivity contribution in [3.05, 3.63) is 59.7 Å². The average Bonchev–Trinajstić information content (AvgIpc) is 3.15.